The fraction of sp³-hybridized carbons (Fsp3) is 0.188. The van der Waals surface area contributed by atoms with E-state index in [9.17, 15) is 0 Å². The van der Waals surface area contributed by atoms with Crippen molar-refractivity contribution >= 4 is 42.6 Å². The van der Waals surface area contributed by atoms with Crippen LogP contribution in [0.5, 0.6) is 5.75 Å². The maximum atomic E-state index is 5.71. The van der Waals surface area contributed by atoms with Gasteiger partial charge < -0.3 is 10.1 Å². The predicted molar refractivity (Wildman–Crippen MR) is 92.5 cm³/mol. The molecule has 0 unspecified atom stereocenters. The Morgan fingerprint density at radius 1 is 1.24 bits per heavy atom. The van der Waals surface area contributed by atoms with E-state index in [1.807, 2.05) is 30.3 Å². The number of hydrogen-bond acceptors (Lipinski definition) is 4. The van der Waals surface area contributed by atoms with Crippen LogP contribution >= 0.6 is 27.3 Å². The lowest BCUT2D eigenvalue weighted by Crippen LogP contribution is -2.11. The maximum Gasteiger partial charge on any atom is 0.183 e. The lowest BCUT2D eigenvalue weighted by atomic mass is 10.2. The van der Waals surface area contributed by atoms with E-state index in [4.69, 9.17) is 4.74 Å². The monoisotopic (exact) mass is 362 g/mol. The van der Waals surface area contributed by atoms with E-state index < -0.39 is 0 Å². The summed E-state index contributed by atoms with van der Waals surface area (Å²) in [6.07, 6.45) is 0. The van der Waals surface area contributed by atoms with Crippen molar-refractivity contribution in [2.24, 2.45) is 0 Å². The van der Waals surface area contributed by atoms with Gasteiger partial charge in [-0.3, -0.25) is 0 Å². The molecule has 5 heteroatoms. The van der Waals surface area contributed by atoms with Crippen molar-refractivity contribution in [1.29, 1.82) is 0 Å². The number of hydrogen-bond donors (Lipinski definition) is 1. The molecule has 3 rings (SSSR count). The van der Waals surface area contributed by atoms with Gasteiger partial charge in [0.05, 0.1) is 16.8 Å². The zero-order valence-corrected chi connectivity index (χ0v) is 14.0. The van der Waals surface area contributed by atoms with Crippen LogP contribution in [0.1, 0.15) is 5.56 Å². The summed E-state index contributed by atoms with van der Waals surface area (Å²) in [6, 6.07) is 14.2. The summed E-state index contributed by atoms with van der Waals surface area (Å²) in [4.78, 5) is 4.54. The van der Waals surface area contributed by atoms with Gasteiger partial charge in [-0.2, -0.15) is 0 Å². The van der Waals surface area contributed by atoms with Gasteiger partial charge in [0.15, 0.2) is 5.13 Å². The second kappa shape index (κ2) is 6.45. The van der Waals surface area contributed by atoms with Crippen LogP contribution in [0.2, 0.25) is 0 Å². The van der Waals surface area contributed by atoms with Crippen molar-refractivity contribution in [3.05, 3.63) is 52.5 Å². The summed E-state index contributed by atoms with van der Waals surface area (Å²) < 4.78 is 7.96. The lowest BCUT2D eigenvalue weighted by Gasteiger charge is -2.07. The van der Waals surface area contributed by atoms with Crippen molar-refractivity contribution in [2.75, 3.05) is 18.5 Å². The van der Waals surface area contributed by atoms with Crippen LogP contribution in [0.15, 0.2) is 46.9 Å². The highest BCUT2D eigenvalue weighted by molar-refractivity contribution is 9.10. The van der Waals surface area contributed by atoms with E-state index in [-0.39, 0.29) is 0 Å². The standard InChI is InChI=1S/C16H15BrN2OS/c1-11-3-2-4-13(9-11)20-8-7-18-16-19-14-6-5-12(17)10-15(14)21-16/h2-6,9-10H,7-8H2,1H3,(H,18,19). The third-order valence-corrected chi connectivity index (χ3v) is 4.46. The number of halogens is 1. The summed E-state index contributed by atoms with van der Waals surface area (Å²) >= 11 is 5.13. The van der Waals surface area contributed by atoms with Gasteiger partial charge in [-0.15, -0.1) is 0 Å². The van der Waals surface area contributed by atoms with E-state index in [1.165, 1.54) is 10.3 Å². The number of nitrogens with zero attached hydrogens (tertiary/aromatic N) is 1. The van der Waals surface area contributed by atoms with Crippen molar-refractivity contribution in [3.63, 3.8) is 0 Å². The average Bonchev–Trinajstić information content (AvgIpc) is 2.85. The van der Waals surface area contributed by atoms with Crippen LogP contribution < -0.4 is 10.1 Å². The number of ether oxygens (including phenoxy) is 1. The second-order valence-corrected chi connectivity index (χ2v) is 6.67. The zero-order valence-electron chi connectivity index (χ0n) is 11.6. The molecule has 0 spiro atoms. The summed E-state index contributed by atoms with van der Waals surface area (Å²) in [6.45, 7) is 3.41. The first-order chi connectivity index (χ1) is 10.2. The molecule has 0 aliphatic heterocycles. The minimum absolute atomic E-state index is 0.614. The molecule has 108 valence electrons. The van der Waals surface area contributed by atoms with E-state index in [0.717, 1.165) is 27.4 Å². The highest BCUT2D eigenvalue weighted by atomic mass is 79.9. The number of aryl methyl sites for hydroxylation is 1. The molecule has 0 radical (unpaired) electrons. The minimum Gasteiger partial charge on any atom is -0.492 e. The van der Waals surface area contributed by atoms with Crippen LogP contribution in [-0.2, 0) is 0 Å². The summed E-state index contributed by atoms with van der Waals surface area (Å²) in [5.41, 5.74) is 2.22. The van der Waals surface area contributed by atoms with Gasteiger partial charge >= 0.3 is 0 Å². The maximum absolute atomic E-state index is 5.71. The molecule has 3 aromatic rings. The molecular weight excluding hydrogens is 348 g/mol. The second-order valence-electron chi connectivity index (χ2n) is 4.72. The Labute approximate surface area is 136 Å². The van der Waals surface area contributed by atoms with Crippen LogP contribution in [0.25, 0.3) is 10.2 Å². The molecule has 0 amide bonds. The van der Waals surface area contributed by atoms with Gasteiger partial charge in [-0.25, -0.2) is 4.98 Å². The van der Waals surface area contributed by atoms with Crippen LogP contribution in [-0.4, -0.2) is 18.1 Å². The molecule has 0 aliphatic rings. The van der Waals surface area contributed by atoms with Gasteiger partial charge in [-0.05, 0) is 42.8 Å². The Balaban J connectivity index is 1.54. The van der Waals surface area contributed by atoms with Crippen molar-refractivity contribution < 1.29 is 4.74 Å². The lowest BCUT2D eigenvalue weighted by molar-refractivity contribution is 0.332. The van der Waals surface area contributed by atoms with Gasteiger partial charge in [0.25, 0.3) is 0 Å². The summed E-state index contributed by atoms with van der Waals surface area (Å²) in [5.74, 6) is 0.907. The molecule has 0 aliphatic carbocycles. The number of aromatic nitrogens is 1. The first kappa shape index (κ1) is 14.4. The van der Waals surface area contributed by atoms with E-state index in [1.54, 1.807) is 11.3 Å². The molecule has 1 aromatic heterocycles. The minimum atomic E-state index is 0.614. The fourth-order valence-corrected chi connectivity index (χ4v) is 3.45. The first-order valence-corrected chi connectivity index (χ1v) is 8.31. The summed E-state index contributed by atoms with van der Waals surface area (Å²) in [5, 5.41) is 4.23. The van der Waals surface area contributed by atoms with Crippen LogP contribution in [0.4, 0.5) is 5.13 Å². The number of fused-ring (bicyclic) bond motifs is 1. The van der Waals surface area contributed by atoms with E-state index in [0.29, 0.717) is 6.61 Å². The Hall–Kier alpha value is -1.59. The summed E-state index contributed by atoms with van der Waals surface area (Å²) in [7, 11) is 0. The Bertz CT molecular complexity index is 757. The molecule has 0 fully saturated rings. The molecule has 3 nitrogen and oxygen atoms in total. The van der Waals surface area contributed by atoms with Gasteiger partial charge in [0, 0.05) is 4.47 Å². The quantitative estimate of drug-likeness (QED) is 0.658. The molecule has 1 heterocycles. The highest BCUT2D eigenvalue weighted by Gasteiger charge is 2.03. The van der Waals surface area contributed by atoms with Crippen molar-refractivity contribution in [3.8, 4) is 5.75 Å². The first-order valence-electron chi connectivity index (χ1n) is 6.70. The zero-order chi connectivity index (χ0) is 14.7. The SMILES string of the molecule is Cc1cccc(OCCNc2nc3ccc(Br)cc3s2)c1. The molecule has 0 atom stereocenters. The molecule has 0 bridgehead atoms. The Morgan fingerprint density at radius 2 is 2.14 bits per heavy atom. The van der Waals surface area contributed by atoms with Gasteiger partial charge in [0.2, 0.25) is 0 Å². The number of anilines is 1. The molecule has 0 saturated heterocycles. The number of rotatable bonds is 5. The van der Waals surface area contributed by atoms with E-state index >= 15 is 0 Å². The Kier molecular flexibility index (Phi) is 4.41. The molecule has 1 N–H and O–H groups in total. The normalized spacial score (nSPS) is 10.8. The largest absolute Gasteiger partial charge is 0.492 e. The molecular formula is C16H15BrN2OS. The number of thiazole rings is 1. The third kappa shape index (κ3) is 3.74. The van der Waals surface area contributed by atoms with Gasteiger partial charge in [-0.1, -0.05) is 39.4 Å². The molecule has 0 saturated carbocycles. The average molecular weight is 363 g/mol. The molecule has 21 heavy (non-hydrogen) atoms. The Morgan fingerprint density at radius 3 is 3.00 bits per heavy atom. The number of benzene rings is 2. The highest BCUT2D eigenvalue weighted by Crippen LogP contribution is 2.28. The molecule has 2 aromatic carbocycles. The van der Waals surface area contributed by atoms with Crippen molar-refractivity contribution in [2.45, 2.75) is 6.92 Å². The van der Waals surface area contributed by atoms with Crippen LogP contribution in [0, 0.1) is 6.92 Å². The number of nitrogens with one attached hydrogen (secondary N) is 1. The smallest absolute Gasteiger partial charge is 0.183 e. The van der Waals surface area contributed by atoms with Gasteiger partial charge in [0.1, 0.15) is 12.4 Å². The third-order valence-electron chi connectivity index (χ3n) is 2.99. The van der Waals surface area contributed by atoms with Crippen LogP contribution in [0.3, 0.4) is 0 Å². The van der Waals surface area contributed by atoms with Crippen molar-refractivity contribution in [1.82, 2.24) is 4.98 Å². The topological polar surface area (TPSA) is 34.1 Å². The fourth-order valence-electron chi connectivity index (χ4n) is 2.01. The van der Waals surface area contributed by atoms with E-state index in [2.05, 4.69) is 45.3 Å². The predicted octanol–water partition coefficient (Wildman–Crippen LogP) is 4.86.